The molecule has 2 aliphatic heterocycles. The van der Waals surface area contributed by atoms with Crippen molar-refractivity contribution in [1.29, 1.82) is 0 Å². The Bertz CT molecular complexity index is 805. The summed E-state index contributed by atoms with van der Waals surface area (Å²) < 4.78 is 5.14. The van der Waals surface area contributed by atoms with Crippen molar-refractivity contribution >= 4 is 35.1 Å². The number of fused-ring (bicyclic) bond motifs is 1. The van der Waals surface area contributed by atoms with Gasteiger partial charge in [-0.1, -0.05) is 18.6 Å². The lowest BCUT2D eigenvalue weighted by molar-refractivity contribution is -0.152. The summed E-state index contributed by atoms with van der Waals surface area (Å²) in [6, 6.07) is 6.97. The monoisotopic (exact) mass is 387 g/mol. The fourth-order valence-corrected chi connectivity index (χ4v) is 3.51. The molecule has 3 rings (SSSR count). The molecule has 0 bridgehead atoms. The predicted octanol–water partition coefficient (Wildman–Crippen LogP) is 1.70. The van der Waals surface area contributed by atoms with Crippen LogP contribution in [0.15, 0.2) is 24.3 Å². The van der Waals surface area contributed by atoms with Crippen molar-refractivity contribution in [3.63, 3.8) is 0 Å². The molecule has 1 aromatic rings. The molecule has 1 saturated heterocycles. The van der Waals surface area contributed by atoms with E-state index in [2.05, 4.69) is 5.32 Å². The Balaban J connectivity index is 1.66. The summed E-state index contributed by atoms with van der Waals surface area (Å²) in [7, 11) is 0. The maximum absolute atomic E-state index is 12.8. The zero-order valence-electron chi connectivity index (χ0n) is 16.2. The number of amides is 3. The third kappa shape index (κ3) is 4.00. The first kappa shape index (κ1) is 19.9. The van der Waals surface area contributed by atoms with Crippen LogP contribution in [0.5, 0.6) is 0 Å². The minimum atomic E-state index is -1.13. The fraction of sp³-hybridized carbons (Fsp3) is 0.500. The van der Waals surface area contributed by atoms with E-state index in [4.69, 9.17) is 4.74 Å². The van der Waals surface area contributed by atoms with E-state index in [0.29, 0.717) is 24.3 Å². The number of carbonyl (C=O) groups is 4. The van der Waals surface area contributed by atoms with Crippen LogP contribution in [-0.4, -0.2) is 53.8 Å². The lowest BCUT2D eigenvalue weighted by atomic mass is 9.96. The molecule has 2 aliphatic rings. The van der Waals surface area contributed by atoms with Gasteiger partial charge in [0, 0.05) is 13.0 Å². The Kier molecular flexibility index (Phi) is 5.67. The van der Waals surface area contributed by atoms with Gasteiger partial charge in [-0.15, -0.1) is 0 Å². The summed E-state index contributed by atoms with van der Waals surface area (Å²) in [5.41, 5.74) is -0.0454. The molecule has 0 radical (unpaired) electrons. The molecule has 28 heavy (non-hydrogen) atoms. The van der Waals surface area contributed by atoms with Gasteiger partial charge in [0.2, 0.25) is 11.8 Å². The Morgan fingerprint density at radius 3 is 2.68 bits per heavy atom. The van der Waals surface area contributed by atoms with E-state index in [-0.39, 0.29) is 18.4 Å². The molecule has 0 spiro atoms. The van der Waals surface area contributed by atoms with Crippen LogP contribution in [0.3, 0.4) is 0 Å². The third-order valence-corrected chi connectivity index (χ3v) is 5.11. The molecule has 1 N–H and O–H groups in total. The summed E-state index contributed by atoms with van der Waals surface area (Å²) in [5.74, 6) is -1.51. The standard InChI is InChI=1S/C20H25N3O5/c1-20(2)19(27)21-14-8-5-6-9-15(14)23(20)17(25)13-28-18(26)12-22-11-7-3-4-10-16(22)24/h5-6,8-9H,3-4,7,10-13H2,1-2H3,(H,21,27). The van der Waals surface area contributed by atoms with Gasteiger partial charge in [0.1, 0.15) is 12.1 Å². The molecule has 0 aliphatic carbocycles. The zero-order chi connectivity index (χ0) is 20.3. The second kappa shape index (κ2) is 8.00. The van der Waals surface area contributed by atoms with Gasteiger partial charge in [0.25, 0.3) is 5.91 Å². The van der Waals surface area contributed by atoms with Crippen molar-refractivity contribution in [3.8, 4) is 0 Å². The van der Waals surface area contributed by atoms with E-state index in [9.17, 15) is 19.2 Å². The Hall–Kier alpha value is -2.90. The number of hydrogen-bond donors (Lipinski definition) is 1. The average molecular weight is 387 g/mol. The first-order valence-corrected chi connectivity index (χ1v) is 9.47. The Morgan fingerprint density at radius 1 is 1.14 bits per heavy atom. The van der Waals surface area contributed by atoms with Crippen LogP contribution in [0, 0.1) is 0 Å². The molecule has 0 atom stereocenters. The van der Waals surface area contributed by atoms with E-state index in [1.807, 2.05) is 0 Å². The number of esters is 1. The number of anilines is 2. The number of carbonyl (C=O) groups excluding carboxylic acids is 4. The lowest BCUT2D eigenvalue weighted by Gasteiger charge is -2.41. The lowest BCUT2D eigenvalue weighted by Crippen LogP contribution is -2.59. The number of likely N-dealkylation sites (tertiary alicyclic amines) is 1. The normalized spacial score (nSPS) is 18.8. The molecule has 8 nitrogen and oxygen atoms in total. The largest absolute Gasteiger partial charge is 0.454 e. The minimum Gasteiger partial charge on any atom is -0.454 e. The molecule has 3 amide bonds. The van der Waals surface area contributed by atoms with E-state index < -0.39 is 24.0 Å². The SMILES string of the molecule is CC1(C)C(=O)Nc2ccccc2N1C(=O)COC(=O)CN1CCCCCC1=O. The number of hydrogen-bond acceptors (Lipinski definition) is 5. The number of nitrogens with one attached hydrogen (secondary N) is 1. The van der Waals surface area contributed by atoms with Crippen LogP contribution in [0.1, 0.15) is 39.5 Å². The van der Waals surface area contributed by atoms with Crippen LogP contribution in [0.4, 0.5) is 11.4 Å². The number of nitrogens with zero attached hydrogens (tertiary/aromatic N) is 2. The molecule has 8 heteroatoms. The molecule has 0 unspecified atom stereocenters. The molecule has 0 aromatic heterocycles. The van der Waals surface area contributed by atoms with Crippen LogP contribution < -0.4 is 10.2 Å². The van der Waals surface area contributed by atoms with Crippen molar-refractivity contribution in [1.82, 2.24) is 4.90 Å². The van der Waals surface area contributed by atoms with Gasteiger partial charge in [-0.05, 0) is 38.8 Å². The second-order valence-electron chi connectivity index (χ2n) is 7.55. The molecule has 1 aromatic carbocycles. The van der Waals surface area contributed by atoms with Crippen molar-refractivity contribution in [3.05, 3.63) is 24.3 Å². The van der Waals surface area contributed by atoms with Gasteiger partial charge in [-0.3, -0.25) is 24.1 Å². The molecular formula is C20H25N3O5. The van der Waals surface area contributed by atoms with Gasteiger partial charge >= 0.3 is 5.97 Å². The van der Waals surface area contributed by atoms with Crippen molar-refractivity contribution in [2.45, 2.75) is 45.1 Å². The summed E-state index contributed by atoms with van der Waals surface area (Å²) in [4.78, 5) is 52.2. The van der Waals surface area contributed by atoms with Gasteiger partial charge < -0.3 is 15.0 Å². The van der Waals surface area contributed by atoms with Crippen LogP contribution in [0.2, 0.25) is 0 Å². The first-order valence-electron chi connectivity index (χ1n) is 9.47. The highest BCUT2D eigenvalue weighted by atomic mass is 16.5. The van der Waals surface area contributed by atoms with Gasteiger partial charge in [0.15, 0.2) is 6.61 Å². The summed E-state index contributed by atoms with van der Waals surface area (Å²) in [5, 5.41) is 2.78. The third-order valence-electron chi connectivity index (χ3n) is 5.11. The predicted molar refractivity (Wildman–Crippen MR) is 103 cm³/mol. The van der Waals surface area contributed by atoms with Crippen molar-refractivity contribution in [2.24, 2.45) is 0 Å². The van der Waals surface area contributed by atoms with Gasteiger partial charge in [0.05, 0.1) is 11.4 Å². The zero-order valence-corrected chi connectivity index (χ0v) is 16.2. The highest BCUT2D eigenvalue weighted by molar-refractivity contribution is 6.14. The summed E-state index contributed by atoms with van der Waals surface area (Å²) >= 11 is 0. The average Bonchev–Trinajstić information content (AvgIpc) is 2.85. The molecular weight excluding hydrogens is 362 g/mol. The van der Waals surface area contributed by atoms with Crippen molar-refractivity contribution < 1.29 is 23.9 Å². The number of rotatable bonds is 4. The summed E-state index contributed by atoms with van der Waals surface area (Å²) in [6.45, 7) is 3.13. The van der Waals surface area contributed by atoms with Crippen LogP contribution >= 0.6 is 0 Å². The van der Waals surface area contributed by atoms with Crippen molar-refractivity contribution in [2.75, 3.05) is 29.9 Å². The van der Waals surface area contributed by atoms with Gasteiger partial charge in [-0.25, -0.2) is 0 Å². The molecule has 2 heterocycles. The summed E-state index contributed by atoms with van der Waals surface area (Å²) in [6.07, 6.45) is 3.07. The quantitative estimate of drug-likeness (QED) is 0.794. The van der Waals surface area contributed by atoms with E-state index in [1.165, 1.54) is 9.80 Å². The number of ether oxygens (including phenoxy) is 1. The second-order valence-corrected chi connectivity index (χ2v) is 7.55. The highest BCUT2D eigenvalue weighted by Crippen LogP contribution is 2.36. The first-order chi connectivity index (χ1) is 13.3. The Morgan fingerprint density at radius 2 is 1.89 bits per heavy atom. The smallest absolute Gasteiger partial charge is 0.326 e. The molecule has 1 fully saturated rings. The maximum Gasteiger partial charge on any atom is 0.326 e. The topological polar surface area (TPSA) is 96.0 Å². The van der Waals surface area contributed by atoms with E-state index >= 15 is 0 Å². The fourth-order valence-electron chi connectivity index (χ4n) is 3.51. The number of benzene rings is 1. The van der Waals surface area contributed by atoms with Gasteiger partial charge in [-0.2, -0.15) is 0 Å². The van der Waals surface area contributed by atoms with Crippen LogP contribution in [-0.2, 0) is 23.9 Å². The highest BCUT2D eigenvalue weighted by Gasteiger charge is 2.43. The minimum absolute atomic E-state index is 0.0662. The molecule has 150 valence electrons. The van der Waals surface area contributed by atoms with E-state index in [0.717, 1.165) is 19.3 Å². The Labute approximate surface area is 163 Å². The van der Waals surface area contributed by atoms with E-state index in [1.54, 1.807) is 38.1 Å². The maximum atomic E-state index is 12.8. The number of para-hydroxylation sites is 2. The molecule has 0 saturated carbocycles. The van der Waals surface area contributed by atoms with Crippen LogP contribution in [0.25, 0.3) is 0 Å².